The summed E-state index contributed by atoms with van der Waals surface area (Å²) in [7, 11) is 0. The highest BCUT2D eigenvalue weighted by molar-refractivity contribution is 5.87. The Kier molecular flexibility index (Phi) is 5.25. The van der Waals surface area contributed by atoms with Crippen molar-refractivity contribution in [2.45, 2.75) is 13.8 Å². The van der Waals surface area contributed by atoms with Crippen molar-refractivity contribution in [1.82, 2.24) is 0 Å². The minimum atomic E-state index is -0.398. The zero-order valence-electron chi connectivity index (χ0n) is 12.8. The van der Waals surface area contributed by atoms with Crippen LogP contribution in [-0.4, -0.2) is 24.2 Å². The third kappa shape index (κ3) is 3.69. The van der Waals surface area contributed by atoms with Crippen molar-refractivity contribution in [2.24, 2.45) is 4.99 Å². The number of hydrogen-bond donors (Lipinski definition) is 0. The summed E-state index contributed by atoms with van der Waals surface area (Å²) in [5.74, 6) is 0. The van der Waals surface area contributed by atoms with E-state index < -0.39 is 4.92 Å². The average Bonchev–Trinajstić information content (AvgIpc) is 2.55. The van der Waals surface area contributed by atoms with Gasteiger partial charge in [0.2, 0.25) is 0 Å². The summed E-state index contributed by atoms with van der Waals surface area (Å²) in [6, 6.07) is 14.4. The second kappa shape index (κ2) is 7.36. The Bertz CT molecular complexity index is 662. The van der Waals surface area contributed by atoms with Crippen molar-refractivity contribution in [2.75, 3.05) is 18.0 Å². The zero-order valence-corrected chi connectivity index (χ0v) is 12.8. The van der Waals surface area contributed by atoms with Crippen molar-refractivity contribution in [3.8, 4) is 0 Å². The van der Waals surface area contributed by atoms with Crippen molar-refractivity contribution in [3.05, 3.63) is 64.2 Å². The van der Waals surface area contributed by atoms with Gasteiger partial charge in [-0.2, -0.15) is 0 Å². The largest absolute Gasteiger partial charge is 0.372 e. The van der Waals surface area contributed by atoms with Gasteiger partial charge in [-0.05, 0) is 44.2 Å². The number of benzene rings is 2. The van der Waals surface area contributed by atoms with Gasteiger partial charge in [-0.15, -0.1) is 0 Å². The van der Waals surface area contributed by atoms with Crippen LogP contribution in [0.5, 0.6) is 0 Å². The van der Waals surface area contributed by atoms with Crippen LogP contribution in [0.4, 0.5) is 17.1 Å². The maximum atomic E-state index is 11.0. The Balaban J connectivity index is 2.19. The number of aliphatic imine (C=N–C) groups is 1. The van der Waals surface area contributed by atoms with E-state index >= 15 is 0 Å². The molecule has 0 radical (unpaired) electrons. The van der Waals surface area contributed by atoms with E-state index in [1.807, 2.05) is 24.3 Å². The molecular formula is C17H19N3O2. The number of hydrogen-bond acceptors (Lipinski definition) is 4. The standard InChI is InChI=1S/C17H19N3O2/c1-3-19(4-2)16-11-9-15(10-12-16)18-13-14-7-5-6-8-17(14)20(21)22/h5-13H,3-4H2,1-2H3. The van der Waals surface area contributed by atoms with Crippen molar-refractivity contribution < 1.29 is 4.92 Å². The van der Waals surface area contributed by atoms with Gasteiger partial charge in [0, 0.05) is 31.1 Å². The molecule has 0 N–H and O–H groups in total. The maximum Gasteiger partial charge on any atom is 0.278 e. The molecule has 0 atom stereocenters. The minimum absolute atomic E-state index is 0.0611. The molecule has 0 aliphatic heterocycles. The fourth-order valence-corrected chi connectivity index (χ4v) is 2.25. The highest BCUT2D eigenvalue weighted by Gasteiger charge is 2.09. The van der Waals surface area contributed by atoms with Gasteiger partial charge in [0.1, 0.15) is 0 Å². The zero-order chi connectivity index (χ0) is 15.9. The molecule has 0 aliphatic rings. The SMILES string of the molecule is CCN(CC)c1ccc(N=Cc2ccccc2[N+](=O)[O-])cc1. The van der Waals surface area contributed by atoms with Crippen LogP contribution in [0.1, 0.15) is 19.4 Å². The van der Waals surface area contributed by atoms with E-state index in [0.29, 0.717) is 5.56 Å². The van der Waals surface area contributed by atoms with E-state index in [2.05, 4.69) is 23.7 Å². The lowest BCUT2D eigenvalue weighted by molar-refractivity contribution is -0.385. The Morgan fingerprint density at radius 2 is 1.73 bits per heavy atom. The van der Waals surface area contributed by atoms with Gasteiger partial charge >= 0.3 is 0 Å². The van der Waals surface area contributed by atoms with E-state index in [1.54, 1.807) is 18.2 Å². The van der Waals surface area contributed by atoms with Crippen LogP contribution in [-0.2, 0) is 0 Å². The van der Waals surface area contributed by atoms with Gasteiger partial charge in [0.25, 0.3) is 5.69 Å². The lowest BCUT2D eigenvalue weighted by Gasteiger charge is -2.20. The van der Waals surface area contributed by atoms with Gasteiger partial charge in [-0.3, -0.25) is 15.1 Å². The Labute approximate surface area is 130 Å². The molecule has 2 aromatic rings. The molecule has 0 spiro atoms. The first kappa shape index (κ1) is 15.7. The first-order valence-electron chi connectivity index (χ1n) is 7.28. The quantitative estimate of drug-likeness (QED) is 0.456. The van der Waals surface area contributed by atoms with E-state index in [9.17, 15) is 10.1 Å². The molecular weight excluding hydrogens is 278 g/mol. The van der Waals surface area contributed by atoms with Crippen LogP contribution < -0.4 is 4.90 Å². The molecule has 0 fully saturated rings. The molecule has 0 unspecified atom stereocenters. The summed E-state index contributed by atoms with van der Waals surface area (Å²) < 4.78 is 0. The third-order valence-electron chi connectivity index (χ3n) is 3.46. The molecule has 5 nitrogen and oxygen atoms in total. The van der Waals surface area contributed by atoms with Crippen LogP contribution in [0.3, 0.4) is 0 Å². The topological polar surface area (TPSA) is 58.7 Å². The van der Waals surface area contributed by atoms with Crippen LogP contribution in [0, 0.1) is 10.1 Å². The summed E-state index contributed by atoms with van der Waals surface area (Å²) in [4.78, 5) is 17.1. The van der Waals surface area contributed by atoms with Gasteiger partial charge in [-0.25, -0.2) is 0 Å². The van der Waals surface area contributed by atoms with E-state index in [1.165, 1.54) is 12.3 Å². The van der Waals surface area contributed by atoms with Crippen LogP contribution in [0.2, 0.25) is 0 Å². The van der Waals surface area contributed by atoms with Crippen LogP contribution in [0.15, 0.2) is 53.5 Å². The number of nitro benzene ring substituents is 1. The summed E-state index contributed by atoms with van der Waals surface area (Å²) in [6.45, 7) is 6.14. The molecule has 0 saturated carbocycles. The second-order valence-electron chi connectivity index (χ2n) is 4.76. The summed E-state index contributed by atoms with van der Waals surface area (Å²) in [5, 5.41) is 11.0. The fraction of sp³-hybridized carbons (Fsp3) is 0.235. The molecule has 0 bridgehead atoms. The molecule has 0 heterocycles. The molecule has 0 aliphatic carbocycles. The number of anilines is 1. The highest BCUT2D eigenvalue weighted by Crippen LogP contribution is 2.21. The normalized spacial score (nSPS) is 10.8. The first-order valence-corrected chi connectivity index (χ1v) is 7.28. The van der Waals surface area contributed by atoms with Crippen LogP contribution in [0.25, 0.3) is 0 Å². The molecule has 2 aromatic carbocycles. The second-order valence-corrected chi connectivity index (χ2v) is 4.76. The Hall–Kier alpha value is -2.69. The summed E-state index contributed by atoms with van der Waals surface area (Å²) in [5.41, 5.74) is 2.48. The average molecular weight is 297 g/mol. The van der Waals surface area contributed by atoms with E-state index in [4.69, 9.17) is 0 Å². The van der Waals surface area contributed by atoms with E-state index in [-0.39, 0.29) is 5.69 Å². The monoisotopic (exact) mass is 297 g/mol. The van der Waals surface area contributed by atoms with E-state index in [0.717, 1.165) is 24.5 Å². The third-order valence-corrected chi connectivity index (χ3v) is 3.46. The van der Waals surface area contributed by atoms with Crippen molar-refractivity contribution in [1.29, 1.82) is 0 Å². The van der Waals surface area contributed by atoms with Crippen molar-refractivity contribution >= 4 is 23.3 Å². The maximum absolute atomic E-state index is 11.0. The smallest absolute Gasteiger partial charge is 0.278 e. The number of para-hydroxylation sites is 1. The predicted molar refractivity (Wildman–Crippen MR) is 90.4 cm³/mol. The lowest BCUT2D eigenvalue weighted by atomic mass is 10.2. The lowest BCUT2D eigenvalue weighted by Crippen LogP contribution is -2.21. The molecule has 5 heteroatoms. The predicted octanol–water partition coefficient (Wildman–Crippen LogP) is 4.19. The molecule has 114 valence electrons. The number of nitrogens with zero attached hydrogens (tertiary/aromatic N) is 3. The molecule has 0 aromatic heterocycles. The number of rotatable bonds is 6. The molecule has 0 amide bonds. The van der Waals surface area contributed by atoms with Gasteiger partial charge in [-0.1, -0.05) is 12.1 Å². The first-order chi connectivity index (χ1) is 10.7. The van der Waals surface area contributed by atoms with Gasteiger partial charge in [0.05, 0.1) is 16.2 Å². The van der Waals surface area contributed by atoms with Gasteiger partial charge < -0.3 is 4.90 Å². The molecule has 0 saturated heterocycles. The highest BCUT2D eigenvalue weighted by atomic mass is 16.6. The Morgan fingerprint density at radius 3 is 2.32 bits per heavy atom. The summed E-state index contributed by atoms with van der Waals surface area (Å²) in [6.07, 6.45) is 1.53. The molecule has 2 rings (SSSR count). The van der Waals surface area contributed by atoms with Crippen LogP contribution >= 0.6 is 0 Å². The number of nitro groups is 1. The van der Waals surface area contributed by atoms with Gasteiger partial charge in [0.15, 0.2) is 0 Å². The Morgan fingerprint density at radius 1 is 1.09 bits per heavy atom. The molecule has 22 heavy (non-hydrogen) atoms. The fourth-order valence-electron chi connectivity index (χ4n) is 2.25. The minimum Gasteiger partial charge on any atom is -0.372 e. The van der Waals surface area contributed by atoms with Crippen molar-refractivity contribution in [3.63, 3.8) is 0 Å². The summed E-state index contributed by atoms with van der Waals surface area (Å²) >= 11 is 0.